The van der Waals surface area contributed by atoms with Crippen LogP contribution in [0.15, 0.2) is 34.3 Å². The fourth-order valence-corrected chi connectivity index (χ4v) is 4.17. The summed E-state index contributed by atoms with van der Waals surface area (Å²) in [7, 11) is 0. The number of ether oxygens (including phenoxy) is 1. The first kappa shape index (κ1) is 17.7. The number of pyridine rings is 1. The molecular weight excluding hydrogens is 360 g/mol. The van der Waals surface area contributed by atoms with E-state index >= 15 is 0 Å². The normalized spacial score (nSPS) is 19.4. The average molecular weight is 378 g/mol. The highest BCUT2D eigenvalue weighted by Gasteiger charge is 2.21. The van der Waals surface area contributed by atoms with Gasteiger partial charge in [0.15, 0.2) is 5.17 Å². The van der Waals surface area contributed by atoms with Crippen LogP contribution >= 0.6 is 11.8 Å². The highest BCUT2D eigenvalue weighted by atomic mass is 32.2. The Kier molecular flexibility index (Phi) is 4.92. The molecule has 136 valence electrons. The monoisotopic (exact) mass is 378 g/mol. The van der Waals surface area contributed by atoms with Crippen molar-refractivity contribution >= 4 is 39.8 Å². The number of carbonyl (C=O) groups excluding carboxylic acids is 1. The minimum Gasteiger partial charge on any atom is -0.381 e. The van der Waals surface area contributed by atoms with Gasteiger partial charge in [0.1, 0.15) is 6.07 Å². The third-order valence-electron chi connectivity index (χ3n) is 4.89. The van der Waals surface area contributed by atoms with E-state index in [2.05, 4.69) is 16.0 Å². The molecule has 7 heteroatoms. The number of hydrogen-bond acceptors (Lipinski definition) is 6. The number of fused-ring (bicyclic) bond motifs is 1. The Balaban J connectivity index is 1.75. The maximum Gasteiger partial charge on any atom is 0.286 e. The summed E-state index contributed by atoms with van der Waals surface area (Å²) in [6, 6.07) is 8.11. The number of nitriles is 1. The quantitative estimate of drug-likeness (QED) is 0.824. The Morgan fingerprint density at radius 1 is 1.37 bits per heavy atom. The van der Waals surface area contributed by atoms with Gasteiger partial charge in [0.05, 0.1) is 16.0 Å². The van der Waals surface area contributed by atoms with Crippen LogP contribution in [-0.2, 0) is 16.0 Å². The lowest BCUT2D eigenvalue weighted by Crippen LogP contribution is -2.18. The van der Waals surface area contributed by atoms with Crippen LogP contribution in [0.4, 0.5) is 0 Å². The Labute approximate surface area is 161 Å². The number of aliphatic imine (C=N–C) groups is 1. The van der Waals surface area contributed by atoms with Crippen molar-refractivity contribution in [1.29, 1.82) is 5.26 Å². The minimum atomic E-state index is -0.316. The number of amidine groups is 1. The van der Waals surface area contributed by atoms with E-state index in [1.165, 1.54) is 11.8 Å². The number of hydrogen-bond donors (Lipinski definition) is 1. The number of aromatic nitrogens is 1. The number of nitrogens with two attached hydrogens (primary N) is 1. The number of carbonyl (C=O) groups is 1. The van der Waals surface area contributed by atoms with Crippen LogP contribution in [0.1, 0.15) is 29.5 Å². The molecule has 0 saturated carbocycles. The summed E-state index contributed by atoms with van der Waals surface area (Å²) in [6.45, 7) is 1.54. The van der Waals surface area contributed by atoms with E-state index in [0.29, 0.717) is 16.4 Å². The first-order valence-corrected chi connectivity index (χ1v) is 9.63. The van der Waals surface area contributed by atoms with Gasteiger partial charge in [-0.05, 0) is 66.3 Å². The van der Waals surface area contributed by atoms with Gasteiger partial charge in [0.2, 0.25) is 0 Å². The third kappa shape index (κ3) is 3.72. The van der Waals surface area contributed by atoms with Crippen molar-refractivity contribution in [2.75, 3.05) is 13.2 Å². The van der Waals surface area contributed by atoms with Gasteiger partial charge in [-0.25, -0.2) is 0 Å². The van der Waals surface area contributed by atoms with E-state index in [9.17, 15) is 10.1 Å². The molecule has 0 unspecified atom stereocenters. The summed E-state index contributed by atoms with van der Waals surface area (Å²) >= 11 is 1.17. The molecule has 0 atom stereocenters. The second-order valence-electron chi connectivity index (χ2n) is 6.66. The molecular formula is C20H18N4O2S. The molecule has 1 aromatic carbocycles. The van der Waals surface area contributed by atoms with Crippen molar-refractivity contribution in [3.05, 3.63) is 46.0 Å². The van der Waals surface area contributed by atoms with Gasteiger partial charge in [0.25, 0.3) is 5.91 Å². The van der Waals surface area contributed by atoms with Crippen molar-refractivity contribution in [2.24, 2.45) is 16.6 Å². The number of nitrogens with zero attached hydrogens (tertiary/aromatic N) is 3. The van der Waals surface area contributed by atoms with Crippen molar-refractivity contribution in [1.82, 2.24) is 4.98 Å². The van der Waals surface area contributed by atoms with Gasteiger partial charge in [-0.15, -0.1) is 0 Å². The summed E-state index contributed by atoms with van der Waals surface area (Å²) in [5.74, 6) is 0.183. The van der Waals surface area contributed by atoms with E-state index in [1.807, 2.05) is 18.2 Å². The number of amides is 1. The molecule has 1 fully saturated rings. The van der Waals surface area contributed by atoms with E-state index in [4.69, 9.17) is 10.5 Å². The van der Waals surface area contributed by atoms with E-state index < -0.39 is 0 Å². The Morgan fingerprint density at radius 3 is 2.89 bits per heavy atom. The van der Waals surface area contributed by atoms with E-state index in [0.717, 1.165) is 54.5 Å². The summed E-state index contributed by atoms with van der Waals surface area (Å²) in [5, 5.41) is 10.8. The standard InChI is InChI=1S/C20H18N4O2S/c21-10-14-11-23-17-2-1-13(9-18-19(25)24-20(22)27-18)8-16(17)15(14)7-12-3-5-26-6-4-12/h1-2,8-9,11-12H,3-7H2,(H2,22,24,25)/b18-9-. The van der Waals surface area contributed by atoms with Crippen LogP contribution in [0.5, 0.6) is 0 Å². The predicted octanol–water partition coefficient (Wildman–Crippen LogP) is 3.00. The Hall–Kier alpha value is -2.69. The minimum absolute atomic E-state index is 0.265. The van der Waals surface area contributed by atoms with Crippen LogP contribution in [0, 0.1) is 17.2 Å². The molecule has 0 aliphatic carbocycles. The van der Waals surface area contributed by atoms with Gasteiger partial charge in [-0.1, -0.05) is 6.07 Å². The Morgan fingerprint density at radius 2 is 2.19 bits per heavy atom. The van der Waals surface area contributed by atoms with E-state index in [-0.39, 0.29) is 11.1 Å². The van der Waals surface area contributed by atoms with Gasteiger partial charge < -0.3 is 10.5 Å². The Bertz CT molecular complexity index is 1020. The average Bonchev–Trinajstić information content (AvgIpc) is 3.00. The summed E-state index contributed by atoms with van der Waals surface area (Å²) in [6.07, 6.45) is 6.27. The summed E-state index contributed by atoms with van der Waals surface area (Å²) in [4.78, 5) is 20.5. The molecule has 4 rings (SSSR count). The summed E-state index contributed by atoms with van der Waals surface area (Å²) in [5.41, 5.74) is 8.97. The first-order chi connectivity index (χ1) is 13.1. The lowest BCUT2D eigenvalue weighted by Gasteiger charge is -2.23. The molecule has 0 radical (unpaired) electrons. The van der Waals surface area contributed by atoms with Gasteiger partial charge in [0, 0.05) is 24.8 Å². The number of thioether (sulfide) groups is 1. The molecule has 0 spiro atoms. The molecule has 2 aromatic rings. The maximum absolute atomic E-state index is 11.9. The first-order valence-electron chi connectivity index (χ1n) is 8.81. The fourth-order valence-electron chi connectivity index (χ4n) is 3.49. The molecule has 2 aliphatic rings. The molecule has 1 saturated heterocycles. The molecule has 6 nitrogen and oxygen atoms in total. The molecule has 1 amide bonds. The predicted molar refractivity (Wildman–Crippen MR) is 106 cm³/mol. The zero-order chi connectivity index (χ0) is 18.8. The lowest BCUT2D eigenvalue weighted by molar-refractivity contribution is -0.113. The highest BCUT2D eigenvalue weighted by Crippen LogP contribution is 2.30. The summed E-state index contributed by atoms with van der Waals surface area (Å²) < 4.78 is 5.45. The molecule has 1 aromatic heterocycles. The zero-order valence-electron chi connectivity index (χ0n) is 14.6. The van der Waals surface area contributed by atoms with Crippen molar-refractivity contribution < 1.29 is 9.53 Å². The van der Waals surface area contributed by atoms with Gasteiger partial charge in [-0.3, -0.25) is 9.78 Å². The van der Waals surface area contributed by atoms with E-state index in [1.54, 1.807) is 12.3 Å². The number of benzene rings is 1. The van der Waals surface area contributed by atoms with Crippen LogP contribution < -0.4 is 5.73 Å². The molecule has 2 aliphatic heterocycles. The van der Waals surface area contributed by atoms with Crippen molar-refractivity contribution in [2.45, 2.75) is 19.3 Å². The van der Waals surface area contributed by atoms with Gasteiger partial charge in [-0.2, -0.15) is 10.3 Å². The van der Waals surface area contributed by atoms with Crippen molar-refractivity contribution in [3.8, 4) is 6.07 Å². The highest BCUT2D eigenvalue weighted by molar-refractivity contribution is 8.18. The van der Waals surface area contributed by atoms with Crippen molar-refractivity contribution in [3.63, 3.8) is 0 Å². The fraction of sp³-hybridized carbons (Fsp3) is 0.300. The topological polar surface area (TPSA) is 101 Å². The maximum atomic E-state index is 11.9. The van der Waals surface area contributed by atoms with Crippen LogP contribution in [0.25, 0.3) is 17.0 Å². The molecule has 27 heavy (non-hydrogen) atoms. The largest absolute Gasteiger partial charge is 0.381 e. The lowest BCUT2D eigenvalue weighted by atomic mass is 9.88. The smallest absolute Gasteiger partial charge is 0.286 e. The van der Waals surface area contributed by atoms with Crippen LogP contribution in [-0.4, -0.2) is 29.3 Å². The van der Waals surface area contributed by atoms with Crippen LogP contribution in [0.3, 0.4) is 0 Å². The molecule has 0 bridgehead atoms. The third-order valence-corrected chi connectivity index (χ3v) is 5.71. The number of rotatable bonds is 3. The van der Waals surface area contributed by atoms with Crippen LogP contribution in [0.2, 0.25) is 0 Å². The second kappa shape index (κ2) is 7.51. The molecule has 3 heterocycles. The molecule has 2 N–H and O–H groups in total. The SMILES string of the molecule is N#Cc1cnc2ccc(/C=C3\SC(N)=NC3=O)cc2c1CC1CCOCC1. The zero-order valence-corrected chi connectivity index (χ0v) is 15.5. The second-order valence-corrected chi connectivity index (χ2v) is 7.73. The van der Waals surface area contributed by atoms with Gasteiger partial charge >= 0.3 is 0 Å².